The van der Waals surface area contributed by atoms with Crippen molar-refractivity contribution >= 4 is 5.91 Å². The lowest BCUT2D eigenvalue weighted by Crippen LogP contribution is -2.14. The maximum absolute atomic E-state index is 11.1. The summed E-state index contributed by atoms with van der Waals surface area (Å²) in [5.74, 6) is 5.27. The van der Waals surface area contributed by atoms with E-state index < -0.39 is 5.91 Å². The Morgan fingerprint density at radius 1 is 1.36 bits per heavy atom. The summed E-state index contributed by atoms with van der Waals surface area (Å²) in [5, 5.41) is 12.6. The third kappa shape index (κ3) is 4.41. The summed E-state index contributed by atoms with van der Waals surface area (Å²) in [5.41, 5.74) is 6.24. The minimum atomic E-state index is -0.730. The molecule has 1 aromatic heterocycles. The second kappa shape index (κ2) is 7.93. The molecule has 0 fully saturated rings. The quantitative estimate of drug-likeness (QED) is 0.574. The zero-order valence-corrected chi connectivity index (χ0v) is 11.9. The molecule has 1 aromatic carbocycles. The first kappa shape index (κ1) is 15.7. The molecule has 22 heavy (non-hydrogen) atoms. The lowest BCUT2D eigenvalue weighted by Gasteiger charge is -2.02. The van der Waals surface area contributed by atoms with Crippen molar-refractivity contribution in [2.45, 2.75) is 13.2 Å². The number of rotatable bonds is 6. The van der Waals surface area contributed by atoms with E-state index in [4.69, 9.17) is 15.6 Å². The highest BCUT2D eigenvalue weighted by Gasteiger charge is 2.12. The maximum atomic E-state index is 11.1. The van der Waals surface area contributed by atoms with Gasteiger partial charge in [0.15, 0.2) is 0 Å². The number of benzene rings is 1. The predicted molar refractivity (Wildman–Crippen MR) is 78.6 cm³/mol. The molecule has 0 atom stereocenters. The summed E-state index contributed by atoms with van der Waals surface area (Å²) >= 11 is 0. The molecule has 0 aliphatic rings. The predicted octanol–water partition coefficient (Wildman–Crippen LogP) is -0.0624. The van der Waals surface area contributed by atoms with Gasteiger partial charge in [0.25, 0.3) is 5.91 Å². The van der Waals surface area contributed by atoms with Gasteiger partial charge >= 0.3 is 0 Å². The normalized spacial score (nSPS) is 10.0. The van der Waals surface area contributed by atoms with Gasteiger partial charge in [-0.25, -0.2) is 4.68 Å². The van der Waals surface area contributed by atoms with Gasteiger partial charge in [0.1, 0.15) is 6.73 Å². The molecule has 0 bridgehead atoms. The number of carbonyl (C=O) groups excluding carboxylic acids is 1. The third-order valence-corrected chi connectivity index (χ3v) is 2.68. The van der Waals surface area contributed by atoms with E-state index in [1.165, 1.54) is 4.68 Å². The molecule has 2 rings (SSSR count). The molecule has 0 unspecified atom stereocenters. The monoisotopic (exact) mass is 300 g/mol. The highest BCUT2D eigenvalue weighted by Crippen LogP contribution is 2.00. The second-order valence-electron chi connectivity index (χ2n) is 4.35. The Balaban J connectivity index is 2.12. The first-order valence-corrected chi connectivity index (χ1v) is 6.66. The number of nitrogens with two attached hydrogens (primary N) is 1. The summed E-state index contributed by atoms with van der Waals surface area (Å²) < 4.78 is 6.50. The average Bonchev–Trinajstić information content (AvgIpc) is 2.92. The molecule has 0 spiro atoms. The number of ether oxygens (including phenoxy) is 1. The summed E-state index contributed by atoms with van der Waals surface area (Å²) in [7, 11) is 0. The standard InChI is InChI=1S/C15H16N4O3/c16-14(21)15-17-13(19(18-15)11-22-10-9-20)8-4-7-12-5-2-1-3-6-12/h1-3,5-6,20H,7,9-11H2,(H2,16,21). The summed E-state index contributed by atoms with van der Waals surface area (Å²) in [6.07, 6.45) is 0.553. The Labute approximate surface area is 127 Å². The molecular formula is C15H16N4O3. The molecule has 3 N–H and O–H groups in total. The van der Waals surface area contributed by atoms with E-state index in [1.54, 1.807) is 0 Å². The van der Waals surface area contributed by atoms with Crippen molar-refractivity contribution in [1.29, 1.82) is 0 Å². The molecule has 1 amide bonds. The fraction of sp³-hybridized carbons (Fsp3) is 0.267. The SMILES string of the molecule is NC(=O)c1nc(C#CCc2ccccc2)n(COCCO)n1. The second-order valence-corrected chi connectivity index (χ2v) is 4.35. The van der Waals surface area contributed by atoms with Crippen LogP contribution >= 0.6 is 0 Å². The maximum Gasteiger partial charge on any atom is 0.288 e. The van der Waals surface area contributed by atoms with Gasteiger partial charge in [-0.3, -0.25) is 4.79 Å². The van der Waals surface area contributed by atoms with Crippen molar-refractivity contribution < 1.29 is 14.6 Å². The molecule has 7 nitrogen and oxygen atoms in total. The Morgan fingerprint density at radius 3 is 2.82 bits per heavy atom. The Kier molecular flexibility index (Phi) is 5.65. The number of aromatic nitrogens is 3. The van der Waals surface area contributed by atoms with Crippen LogP contribution in [0.3, 0.4) is 0 Å². The number of aliphatic hydroxyl groups excluding tert-OH is 1. The van der Waals surface area contributed by atoms with Gasteiger partial charge in [0, 0.05) is 6.42 Å². The van der Waals surface area contributed by atoms with Crippen molar-refractivity contribution in [3.8, 4) is 11.8 Å². The van der Waals surface area contributed by atoms with E-state index >= 15 is 0 Å². The number of amides is 1. The lowest BCUT2D eigenvalue weighted by atomic mass is 10.2. The van der Waals surface area contributed by atoms with E-state index in [9.17, 15) is 4.79 Å². The van der Waals surface area contributed by atoms with Crippen LogP contribution in [0.15, 0.2) is 30.3 Å². The van der Waals surface area contributed by atoms with Gasteiger partial charge in [-0.1, -0.05) is 36.3 Å². The fourth-order valence-electron chi connectivity index (χ4n) is 1.67. The van der Waals surface area contributed by atoms with Crippen LogP contribution in [0.4, 0.5) is 0 Å². The van der Waals surface area contributed by atoms with E-state index in [1.807, 2.05) is 30.3 Å². The zero-order chi connectivity index (χ0) is 15.8. The smallest absolute Gasteiger partial charge is 0.288 e. The van der Waals surface area contributed by atoms with E-state index in [-0.39, 0.29) is 25.8 Å². The zero-order valence-electron chi connectivity index (χ0n) is 11.9. The van der Waals surface area contributed by atoms with Gasteiger partial charge in [-0.2, -0.15) is 4.98 Å². The van der Waals surface area contributed by atoms with E-state index in [0.29, 0.717) is 12.2 Å². The van der Waals surface area contributed by atoms with Crippen LogP contribution in [0.1, 0.15) is 22.0 Å². The average molecular weight is 300 g/mol. The molecular weight excluding hydrogens is 284 g/mol. The van der Waals surface area contributed by atoms with E-state index in [2.05, 4.69) is 21.9 Å². The number of carbonyl (C=O) groups is 1. The van der Waals surface area contributed by atoms with Gasteiger partial charge in [-0.05, 0) is 11.5 Å². The largest absolute Gasteiger partial charge is 0.394 e. The van der Waals surface area contributed by atoms with Gasteiger partial charge in [0.05, 0.1) is 13.2 Å². The van der Waals surface area contributed by atoms with Crippen LogP contribution in [-0.4, -0.2) is 39.0 Å². The van der Waals surface area contributed by atoms with Crippen molar-refractivity contribution in [3.63, 3.8) is 0 Å². The van der Waals surface area contributed by atoms with Gasteiger partial charge in [-0.15, -0.1) is 5.10 Å². The first-order chi connectivity index (χ1) is 10.7. The molecule has 114 valence electrons. The van der Waals surface area contributed by atoms with E-state index in [0.717, 1.165) is 5.56 Å². The van der Waals surface area contributed by atoms with Gasteiger partial charge in [0.2, 0.25) is 11.6 Å². The number of primary amides is 1. The summed E-state index contributed by atoms with van der Waals surface area (Å²) in [6, 6.07) is 9.75. The molecule has 1 heterocycles. The summed E-state index contributed by atoms with van der Waals surface area (Å²) in [4.78, 5) is 15.1. The number of hydrogen-bond acceptors (Lipinski definition) is 5. The molecule has 7 heteroatoms. The first-order valence-electron chi connectivity index (χ1n) is 6.66. The third-order valence-electron chi connectivity index (χ3n) is 2.68. The fourth-order valence-corrected chi connectivity index (χ4v) is 1.67. The van der Waals surface area contributed by atoms with Crippen LogP contribution < -0.4 is 5.73 Å². The van der Waals surface area contributed by atoms with Crippen molar-refractivity contribution in [2.24, 2.45) is 5.73 Å². The molecule has 0 saturated heterocycles. The Morgan fingerprint density at radius 2 is 2.14 bits per heavy atom. The lowest BCUT2D eigenvalue weighted by molar-refractivity contribution is 0.0411. The van der Waals surface area contributed by atoms with Crippen LogP contribution in [0, 0.1) is 11.8 Å². The number of nitrogens with zero attached hydrogens (tertiary/aromatic N) is 3. The Bertz CT molecular complexity index is 686. The topological polar surface area (TPSA) is 103 Å². The summed E-state index contributed by atoms with van der Waals surface area (Å²) in [6.45, 7) is 0.0885. The van der Waals surface area contributed by atoms with Crippen LogP contribution in [-0.2, 0) is 17.9 Å². The minimum Gasteiger partial charge on any atom is -0.394 e. The molecule has 0 aliphatic carbocycles. The highest BCUT2D eigenvalue weighted by molar-refractivity contribution is 5.88. The minimum absolute atomic E-state index is 0.0379. The molecule has 0 saturated carbocycles. The van der Waals surface area contributed by atoms with Crippen molar-refractivity contribution in [1.82, 2.24) is 14.8 Å². The Hall–Kier alpha value is -2.69. The van der Waals surface area contributed by atoms with Crippen molar-refractivity contribution in [2.75, 3.05) is 13.2 Å². The highest BCUT2D eigenvalue weighted by atomic mass is 16.5. The number of hydrogen-bond donors (Lipinski definition) is 2. The molecule has 2 aromatic rings. The van der Waals surface area contributed by atoms with Crippen molar-refractivity contribution in [3.05, 3.63) is 47.5 Å². The molecule has 0 aliphatic heterocycles. The van der Waals surface area contributed by atoms with Crippen LogP contribution in [0.2, 0.25) is 0 Å². The van der Waals surface area contributed by atoms with Crippen LogP contribution in [0.25, 0.3) is 0 Å². The molecule has 0 radical (unpaired) electrons. The van der Waals surface area contributed by atoms with Gasteiger partial charge < -0.3 is 15.6 Å². The van der Waals surface area contributed by atoms with Crippen LogP contribution in [0.5, 0.6) is 0 Å². The number of aliphatic hydroxyl groups is 1.